The van der Waals surface area contributed by atoms with E-state index in [9.17, 15) is 4.79 Å². The Kier molecular flexibility index (Phi) is 21.1. The number of aliphatic hydroxyl groups excluding tert-OH is 1. The second-order valence-corrected chi connectivity index (χ2v) is 1.10. The van der Waals surface area contributed by atoms with Gasteiger partial charge in [0.05, 0.1) is 0 Å². The van der Waals surface area contributed by atoms with Gasteiger partial charge in [-0.25, -0.2) is 0 Å². The fourth-order valence-electron chi connectivity index (χ4n) is 0.201. The van der Waals surface area contributed by atoms with Gasteiger partial charge in [-0.1, -0.05) is 0 Å². The van der Waals surface area contributed by atoms with E-state index in [0.717, 1.165) is 19.8 Å². The van der Waals surface area contributed by atoms with Gasteiger partial charge in [-0.05, 0) is 13.0 Å². The molecule has 0 amide bonds. The minimum absolute atomic E-state index is 0.608. The Morgan fingerprint density at radius 2 is 2.12 bits per heavy atom. The average molecular weight is 119 g/mol. The number of nitrogens with two attached hydrogens (primary N) is 1. The lowest BCUT2D eigenvalue weighted by atomic mass is 10.3. The van der Waals surface area contributed by atoms with Crippen molar-refractivity contribution in [1.82, 2.24) is 0 Å². The van der Waals surface area contributed by atoms with Crippen LogP contribution in [0.4, 0.5) is 0 Å². The van der Waals surface area contributed by atoms with Crippen LogP contribution in [-0.4, -0.2) is 25.0 Å². The lowest BCUT2D eigenvalue weighted by Crippen LogP contribution is -1.97. The van der Waals surface area contributed by atoms with Gasteiger partial charge in [-0.3, -0.25) is 0 Å². The number of carbonyl (C=O) groups is 1. The Morgan fingerprint density at radius 1 is 1.62 bits per heavy atom. The molecule has 0 aromatic carbocycles. The molecule has 3 nitrogen and oxygen atoms in total. The predicted octanol–water partition coefficient (Wildman–Crippen LogP) is -0.467. The number of unbranched alkanes of at least 4 members (excludes halogenated alkanes) is 1. The summed E-state index contributed by atoms with van der Waals surface area (Å²) in [7, 11) is 1.00. The maximum absolute atomic E-state index is 9.51. The van der Waals surface area contributed by atoms with Gasteiger partial charge in [-0.2, -0.15) is 0 Å². The number of aldehydes is 1. The molecule has 3 heteroatoms. The molecule has 0 aromatic heterocycles. The number of hydrogen-bond donors (Lipinski definition) is 2. The molecule has 0 rings (SSSR count). The highest BCUT2D eigenvalue weighted by atomic mass is 16.2. The molecule has 0 saturated heterocycles. The van der Waals surface area contributed by atoms with E-state index in [4.69, 9.17) is 10.8 Å². The molecule has 0 unspecified atom stereocenters. The normalized spacial score (nSPS) is 6.88. The van der Waals surface area contributed by atoms with Crippen molar-refractivity contribution in [1.29, 1.82) is 0 Å². The van der Waals surface area contributed by atoms with Crippen molar-refractivity contribution in [2.75, 3.05) is 13.7 Å². The second kappa shape index (κ2) is 16.0. The topological polar surface area (TPSA) is 63.3 Å². The molecule has 3 N–H and O–H groups in total. The van der Waals surface area contributed by atoms with E-state index in [1.165, 1.54) is 0 Å². The number of aliphatic hydroxyl groups is 1. The fourth-order valence-corrected chi connectivity index (χ4v) is 0.201. The number of carbonyl (C=O) groups excluding carboxylic acids is 1. The van der Waals surface area contributed by atoms with Gasteiger partial charge in [0.2, 0.25) is 0 Å². The van der Waals surface area contributed by atoms with Crippen LogP contribution in [0.1, 0.15) is 12.8 Å². The standard InChI is InChI=1S/C4H9NO.CH4O/c5-3-1-2-4-6;1-2/h4H,1-3,5H2;2H,1H3. The van der Waals surface area contributed by atoms with E-state index < -0.39 is 0 Å². The van der Waals surface area contributed by atoms with E-state index in [-0.39, 0.29) is 0 Å². The molecule has 0 saturated carbocycles. The first kappa shape index (κ1) is 10.5. The summed E-state index contributed by atoms with van der Waals surface area (Å²) < 4.78 is 0. The van der Waals surface area contributed by atoms with Crippen molar-refractivity contribution < 1.29 is 9.90 Å². The molecule has 0 aromatic rings. The highest BCUT2D eigenvalue weighted by Gasteiger charge is 1.74. The SMILES string of the molecule is CO.NCCCC=O. The molecule has 0 aliphatic carbocycles. The molecular formula is C5H13NO2. The zero-order chi connectivity index (χ0) is 6.83. The summed E-state index contributed by atoms with van der Waals surface area (Å²) >= 11 is 0. The van der Waals surface area contributed by atoms with Gasteiger partial charge in [0.1, 0.15) is 6.29 Å². The first-order chi connectivity index (χ1) is 3.91. The predicted molar refractivity (Wildman–Crippen MR) is 32.5 cm³/mol. The van der Waals surface area contributed by atoms with E-state index in [1.807, 2.05) is 0 Å². The maximum atomic E-state index is 9.51. The molecule has 0 radical (unpaired) electrons. The molecule has 0 aliphatic rings. The summed E-state index contributed by atoms with van der Waals surface area (Å²) in [5.41, 5.74) is 5.06. The first-order valence-corrected chi connectivity index (χ1v) is 2.50. The third-order valence-electron chi connectivity index (χ3n) is 0.526. The van der Waals surface area contributed by atoms with Crippen LogP contribution in [0.15, 0.2) is 0 Å². The van der Waals surface area contributed by atoms with Gasteiger partial charge in [0, 0.05) is 13.5 Å². The Labute approximate surface area is 49.5 Å². The summed E-state index contributed by atoms with van der Waals surface area (Å²) in [5.74, 6) is 0. The monoisotopic (exact) mass is 119 g/mol. The van der Waals surface area contributed by atoms with E-state index >= 15 is 0 Å². The molecule has 0 bridgehead atoms. The van der Waals surface area contributed by atoms with Crippen LogP contribution in [0.2, 0.25) is 0 Å². The Hall–Kier alpha value is -0.410. The van der Waals surface area contributed by atoms with Crippen molar-refractivity contribution in [3.63, 3.8) is 0 Å². The Balaban J connectivity index is 0. The van der Waals surface area contributed by atoms with Crippen molar-refractivity contribution >= 4 is 6.29 Å². The molecular weight excluding hydrogens is 106 g/mol. The Bertz CT molecular complexity index is 39.4. The van der Waals surface area contributed by atoms with E-state index in [0.29, 0.717) is 13.0 Å². The van der Waals surface area contributed by atoms with Crippen LogP contribution >= 0.6 is 0 Å². The summed E-state index contributed by atoms with van der Waals surface area (Å²) in [5, 5.41) is 7.00. The van der Waals surface area contributed by atoms with E-state index in [2.05, 4.69) is 0 Å². The average Bonchev–Trinajstić information content (AvgIpc) is 1.88. The first-order valence-electron chi connectivity index (χ1n) is 2.50. The van der Waals surface area contributed by atoms with Gasteiger partial charge in [-0.15, -0.1) is 0 Å². The van der Waals surface area contributed by atoms with Crippen LogP contribution in [0, 0.1) is 0 Å². The van der Waals surface area contributed by atoms with Crippen LogP contribution in [0.25, 0.3) is 0 Å². The van der Waals surface area contributed by atoms with Crippen molar-refractivity contribution in [3.05, 3.63) is 0 Å². The summed E-state index contributed by atoms with van der Waals surface area (Å²) in [6.07, 6.45) is 2.31. The zero-order valence-electron chi connectivity index (χ0n) is 5.13. The van der Waals surface area contributed by atoms with Crippen LogP contribution in [0.5, 0.6) is 0 Å². The van der Waals surface area contributed by atoms with Crippen LogP contribution < -0.4 is 5.73 Å². The summed E-state index contributed by atoms with van der Waals surface area (Å²) in [4.78, 5) is 9.51. The largest absolute Gasteiger partial charge is 0.400 e. The van der Waals surface area contributed by atoms with E-state index in [1.54, 1.807) is 0 Å². The number of rotatable bonds is 3. The van der Waals surface area contributed by atoms with Gasteiger partial charge in [0.25, 0.3) is 0 Å². The van der Waals surface area contributed by atoms with Gasteiger partial charge >= 0.3 is 0 Å². The fraction of sp³-hybridized carbons (Fsp3) is 0.800. The zero-order valence-corrected chi connectivity index (χ0v) is 5.13. The van der Waals surface area contributed by atoms with Crippen molar-refractivity contribution in [2.24, 2.45) is 5.73 Å². The maximum Gasteiger partial charge on any atom is 0.120 e. The number of hydrogen-bond acceptors (Lipinski definition) is 3. The molecule has 0 aliphatic heterocycles. The summed E-state index contributed by atoms with van der Waals surface area (Å²) in [6, 6.07) is 0. The quantitative estimate of drug-likeness (QED) is 0.390. The molecule has 50 valence electrons. The smallest absolute Gasteiger partial charge is 0.120 e. The van der Waals surface area contributed by atoms with Crippen LogP contribution in [0.3, 0.4) is 0 Å². The molecule has 0 fully saturated rings. The van der Waals surface area contributed by atoms with Gasteiger partial charge in [0.15, 0.2) is 0 Å². The minimum atomic E-state index is 0.608. The second-order valence-electron chi connectivity index (χ2n) is 1.10. The molecule has 8 heavy (non-hydrogen) atoms. The molecule has 0 atom stereocenters. The third-order valence-corrected chi connectivity index (χ3v) is 0.526. The summed E-state index contributed by atoms with van der Waals surface area (Å²) in [6.45, 7) is 0.624. The molecule has 0 spiro atoms. The molecule has 0 heterocycles. The Morgan fingerprint density at radius 3 is 2.25 bits per heavy atom. The third kappa shape index (κ3) is 17.6. The lowest BCUT2D eigenvalue weighted by molar-refractivity contribution is -0.107. The highest BCUT2D eigenvalue weighted by Crippen LogP contribution is 1.75. The lowest BCUT2D eigenvalue weighted by Gasteiger charge is -1.79. The minimum Gasteiger partial charge on any atom is -0.400 e. The van der Waals surface area contributed by atoms with Crippen molar-refractivity contribution in [3.8, 4) is 0 Å². The van der Waals surface area contributed by atoms with Crippen molar-refractivity contribution in [2.45, 2.75) is 12.8 Å². The van der Waals surface area contributed by atoms with Gasteiger partial charge < -0.3 is 15.6 Å². The highest BCUT2D eigenvalue weighted by molar-refractivity contribution is 5.48. The van der Waals surface area contributed by atoms with Crippen LogP contribution in [-0.2, 0) is 4.79 Å².